The molecule has 1 unspecified atom stereocenters. The lowest BCUT2D eigenvalue weighted by molar-refractivity contribution is 0.476. The molecule has 1 aromatic carbocycles. The number of hydrogen-bond acceptors (Lipinski definition) is 4. The maximum absolute atomic E-state index is 9.50. The number of nitrogens with zero attached hydrogens (tertiary/aromatic N) is 1. The van der Waals surface area contributed by atoms with Gasteiger partial charge in [0.25, 0.3) is 0 Å². The zero-order valence-electron chi connectivity index (χ0n) is 9.85. The highest BCUT2D eigenvalue weighted by Crippen LogP contribution is 2.24. The van der Waals surface area contributed by atoms with Gasteiger partial charge in [0.1, 0.15) is 11.6 Å². The second-order valence-electron chi connectivity index (χ2n) is 4.11. The van der Waals surface area contributed by atoms with Crippen molar-refractivity contribution >= 4 is 16.6 Å². The van der Waals surface area contributed by atoms with Gasteiger partial charge in [-0.15, -0.1) is 0 Å². The van der Waals surface area contributed by atoms with E-state index < -0.39 is 0 Å². The molecule has 0 saturated carbocycles. The number of phenolic OH excluding ortho intramolecular Hbond substituents is 1. The predicted molar refractivity (Wildman–Crippen MR) is 70.2 cm³/mol. The van der Waals surface area contributed by atoms with Gasteiger partial charge in [-0.25, -0.2) is 4.98 Å². The summed E-state index contributed by atoms with van der Waals surface area (Å²) in [6, 6.07) is 7.28. The molecule has 0 aliphatic carbocycles. The number of pyridine rings is 1. The van der Waals surface area contributed by atoms with E-state index in [1.165, 1.54) is 0 Å². The number of anilines is 1. The van der Waals surface area contributed by atoms with E-state index in [9.17, 15) is 5.11 Å². The number of aromatic hydroxyl groups is 1. The van der Waals surface area contributed by atoms with Crippen LogP contribution in [0.1, 0.15) is 13.3 Å². The van der Waals surface area contributed by atoms with Gasteiger partial charge in [-0.1, -0.05) is 13.0 Å². The van der Waals surface area contributed by atoms with Crippen LogP contribution in [-0.4, -0.2) is 22.7 Å². The number of rotatable bonds is 4. The molecule has 0 amide bonds. The van der Waals surface area contributed by atoms with Crippen LogP contribution in [0.3, 0.4) is 0 Å². The quantitative estimate of drug-likeness (QED) is 0.753. The van der Waals surface area contributed by atoms with Crippen molar-refractivity contribution in [2.45, 2.75) is 19.4 Å². The van der Waals surface area contributed by atoms with Crippen LogP contribution in [0.15, 0.2) is 30.5 Å². The zero-order valence-corrected chi connectivity index (χ0v) is 9.85. The van der Waals surface area contributed by atoms with Crippen molar-refractivity contribution < 1.29 is 5.11 Å². The van der Waals surface area contributed by atoms with Gasteiger partial charge in [-0.3, -0.25) is 0 Å². The van der Waals surface area contributed by atoms with Crippen LogP contribution in [0, 0.1) is 0 Å². The molecule has 2 rings (SSSR count). The minimum absolute atomic E-state index is 0.115. The van der Waals surface area contributed by atoms with Crippen molar-refractivity contribution in [2.24, 2.45) is 5.73 Å². The largest absolute Gasteiger partial charge is 0.508 e. The maximum atomic E-state index is 9.50. The molecule has 2 aromatic rings. The number of aromatic nitrogens is 1. The van der Waals surface area contributed by atoms with Gasteiger partial charge in [0.15, 0.2) is 0 Å². The molecule has 1 aromatic heterocycles. The third-order valence-electron chi connectivity index (χ3n) is 2.81. The summed E-state index contributed by atoms with van der Waals surface area (Å²) in [6.45, 7) is 2.73. The molecule has 0 aliphatic rings. The Morgan fingerprint density at radius 2 is 2.24 bits per heavy atom. The molecular weight excluding hydrogens is 214 g/mol. The van der Waals surface area contributed by atoms with Crippen molar-refractivity contribution in [3.8, 4) is 5.75 Å². The molecule has 1 heterocycles. The highest BCUT2D eigenvalue weighted by Gasteiger charge is 2.04. The molecule has 0 aliphatic heterocycles. The summed E-state index contributed by atoms with van der Waals surface area (Å²) in [5, 5.41) is 14.7. The molecule has 1 atom stereocenters. The van der Waals surface area contributed by atoms with Gasteiger partial charge in [0.05, 0.1) is 0 Å². The minimum atomic E-state index is 0.115. The predicted octanol–water partition coefficient (Wildman–Crippen LogP) is 2.09. The minimum Gasteiger partial charge on any atom is -0.508 e. The van der Waals surface area contributed by atoms with Crippen LogP contribution < -0.4 is 11.1 Å². The van der Waals surface area contributed by atoms with Crippen LogP contribution in [0.25, 0.3) is 10.8 Å². The molecule has 0 saturated heterocycles. The second kappa shape index (κ2) is 5.01. The van der Waals surface area contributed by atoms with Crippen LogP contribution in [-0.2, 0) is 0 Å². The number of nitrogens with one attached hydrogen (secondary N) is 1. The molecular formula is C13H17N3O. The fourth-order valence-corrected chi connectivity index (χ4v) is 1.67. The summed E-state index contributed by atoms with van der Waals surface area (Å²) in [5.74, 6) is 1.01. The average Bonchev–Trinajstić information content (AvgIpc) is 2.35. The van der Waals surface area contributed by atoms with E-state index in [0.29, 0.717) is 6.54 Å². The summed E-state index contributed by atoms with van der Waals surface area (Å²) in [4.78, 5) is 4.28. The Hall–Kier alpha value is -1.81. The maximum Gasteiger partial charge on any atom is 0.134 e. The Kier molecular flexibility index (Phi) is 3.44. The zero-order chi connectivity index (χ0) is 12.3. The standard InChI is InChI=1S/C13H17N3O/c1-2-10(14)8-16-13-12-7-11(17)4-3-9(12)5-6-15-13/h3-7,10,17H,2,8,14H2,1H3,(H,15,16). The van der Waals surface area contributed by atoms with Gasteiger partial charge in [0, 0.05) is 24.2 Å². The van der Waals surface area contributed by atoms with Gasteiger partial charge in [-0.05, 0) is 30.0 Å². The van der Waals surface area contributed by atoms with E-state index in [1.54, 1.807) is 18.3 Å². The van der Waals surface area contributed by atoms with E-state index >= 15 is 0 Å². The Balaban J connectivity index is 2.30. The van der Waals surface area contributed by atoms with Crippen molar-refractivity contribution in [2.75, 3.05) is 11.9 Å². The summed E-state index contributed by atoms with van der Waals surface area (Å²) in [6.07, 6.45) is 2.67. The summed E-state index contributed by atoms with van der Waals surface area (Å²) >= 11 is 0. The number of benzene rings is 1. The van der Waals surface area contributed by atoms with E-state index in [2.05, 4.69) is 17.2 Å². The lowest BCUT2D eigenvalue weighted by Gasteiger charge is -2.12. The van der Waals surface area contributed by atoms with E-state index in [4.69, 9.17) is 5.73 Å². The summed E-state index contributed by atoms with van der Waals surface area (Å²) < 4.78 is 0. The van der Waals surface area contributed by atoms with Crippen LogP contribution in [0.5, 0.6) is 5.75 Å². The third-order valence-corrected chi connectivity index (χ3v) is 2.81. The first-order chi connectivity index (χ1) is 8.20. The lowest BCUT2D eigenvalue weighted by atomic mass is 10.1. The fraction of sp³-hybridized carbons (Fsp3) is 0.308. The van der Waals surface area contributed by atoms with Crippen molar-refractivity contribution in [1.82, 2.24) is 4.98 Å². The second-order valence-corrected chi connectivity index (χ2v) is 4.11. The molecule has 0 radical (unpaired) electrons. The Morgan fingerprint density at radius 3 is 3.00 bits per heavy atom. The van der Waals surface area contributed by atoms with E-state index in [-0.39, 0.29) is 11.8 Å². The number of nitrogens with two attached hydrogens (primary N) is 1. The molecule has 4 heteroatoms. The van der Waals surface area contributed by atoms with E-state index in [1.807, 2.05) is 12.1 Å². The van der Waals surface area contributed by atoms with Gasteiger partial charge in [0.2, 0.25) is 0 Å². The third kappa shape index (κ3) is 2.65. The molecule has 4 N–H and O–H groups in total. The number of fused-ring (bicyclic) bond motifs is 1. The van der Waals surface area contributed by atoms with Gasteiger partial charge < -0.3 is 16.2 Å². The Morgan fingerprint density at radius 1 is 1.41 bits per heavy atom. The molecule has 17 heavy (non-hydrogen) atoms. The van der Waals surface area contributed by atoms with Crippen molar-refractivity contribution in [1.29, 1.82) is 0 Å². The first-order valence-electron chi connectivity index (χ1n) is 5.78. The summed E-state index contributed by atoms with van der Waals surface area (Å²) in [7, 11) is 0. The molecule has 0 fully saturated rings. The Labute approximate surface area is 100 Å². The average molecular weight is 231 g/mol. The van der Waals surface area contributed by atoms with Crippen molar-refractivity contribution in [3.63, 3.8) is 0 Å². The SMILES string of the molecule is CCC(N)CNc1nccc2ccc(O)cc12. The number of hydrogen-bond donors (Lipinski definition) is 3. The highest BCUT2D eigenvalue weighted by atomic mass is 16.3. The fourth-order valence-electron chi connectivity index (χ4n) is 1.67. The molecule has 4 nitrogen and oxygen atoms in total. The van der Waals surface area contributed by atoms with Crippen LogP contribution in [0.2, 0.25) is 0 Å². The highest BCUT2D eigenvalue weighted by molar-refractivity contribution is 5.92. The van der Waals surface area contributed by atoms with Crippen LogP contribution >= 0.6 is 0 Å². The van der Waals surface area contributed by atoms with Crippen molar-refractivity contribution in [3.05, 3.63) is 30.5 Å². The first kappa shape index (κ1) is 11.7. The van der Waals surface area contributed by atoms with Gasteiger partial charge >= 0.3 is 0 Å². The topological polar surface area (TPSA) is 71.2 Å². The normalized spacial score (nSPS) is 12.6. The van der Waals surface area contributed by atoms with Gasteiger partial charge in [-0.2, -0.15) is 0 Å². The Bertz CT molecular complexity index is 513. The van der Waals surface area contributed by atoms with E-state index in [0.717, 1.165) is 23.0 Å². The molecule has 0 spiro atoms. The first-order valence-corrected chi connectivity index (χ1v) is 5.78. The lowest BCUT2D eigenvalue weighted by Crippen LogP contribution is -2.28. The monoisotopic (exact) mass is 231 g/mol. The smallest absolute Gasteiger partial charge is 0.134 e. The molecule has 0 bridgehead atoms. The van der Waals surface area contributed by atoms with Crippen LogP contribution in [0.4, 0.5) is 5.82 Å². The molecule has 90 valence electrons. The number of phenols is 1. The summed E-state index contributed by atoms with van der Waals surface area (Å²) in [5.41, 5.74) is 5.86.